The van der Waals surface area contributed by atoms with Crippen LogP contribution in [0.3, 0.4) is 0 Å². The van der Waals surface area contributed by atoms with Gasteiger partial charge in [0.25, 0.3) is 0 Å². The van der Waals surface area contributed by atoms with Crippen molar-refractivity contribution < 1.29 is 13.2 Å². The minimum absolute atomic E-state index is 0.0931. The highest BCUT2D eigenvalue weighted by Gasteiger charge is 2.37. The number of H-pyrrole nitrogens is 1. The predicted octanol–water partition coefficient (Wildman–Crippen LogP) is 4.50. The Hall–Kier alpha value is -2.96. The number of alkyl halides is 3. The van der Waals surface area contributed by atoms with E-state index in [0.29, 0.717) is 22.0 Å². The van der Waals surface area contributed by atoms with Crippen molar-refractivity contribution in [1.29, 1.82) is 0 Å². The second-order valence-corrected chi connectivity index (χ2v) is 5.57. The molecule has 0 amide bonds. The smallest absolute Gasteiger partial charge is 0.277 e. The molecule has 0 aliphatic rings. The van der Waals surface area contributed by atoms with E-state index in [0.717, 1.165) is 5.39 Å². The van der Waals surface area contributed by atoms with E-state index >= 15 is 0 Å². The molecule has 4 rings (SSSR count). The maximum absolute atomic E-state index is 13.7. The van der Waals surface area contributed by atoms with Gasteiger partial charge in [0, 0.05) is 22.5 Å². The van der Waals surface area contributed by atoms with Crippen molar-refractivity contribution in [3.63, 3.8) is 0 Å². The summed E-state index contributed by atoms with van der Waals surface area (Å²) in [6.07, 6.45) is 0.0478. The first-order valence-electron chi connectivity index (χ1n) is 7.19. The number of fused-ring (bicyclic) bond motifs is 2. The number of nitrogens with zero attached hydrogens (tertiary/aromatic N) is 3. The fourth-order valence-electron chi connectivity index (χ4n) is 3.02. The van der Waals surface area contributed by atoms with Crippen LogP contribution in [-0.2, 0) is 6.18 Å². The number of aromatic amines is 1. The molecule has 2 heterocycles. The molecular formula is C17H11F3N4. The number of halogens is 3. The van der Waals surface area contributed by atoms with Crippen LogP contribution in [0.25, 0.3) is 32.9 Å². The predicted molar refractivity (Wildman–Crippen MR) is 84.4 cm³/mol. The van der Waals surface area contributed by atoms with Crippen LogP contribution in [0.4, 0.5) is 13.2 Å². The van der Waals surface area contributed by atoms with Crippen molar-refractivity contribution in [3.05, 3.63) is 54.1 Å². The fraction of sp³-hybridized carbons (Fsp3) is 0.118. The van der Waals surface area contributed by atoms with Crippen LogP contribution < -0.4 is 0 Å². The van der Waals surface area contributed by atoms with Crippen LogP contribution in [0, 0.1) is 6.92 Å². The SMILES string of the molecule is Cc1cc2cn[nH]c2c(-c2ccc3cncnc3c2)c1C(F)(F)F. The lowest BCUT2D eigenvalue weighted by atomic mass is 9.92. The van der Waals surface area contributed by atoms with Gasteiger partial charge >= 0.3 is 6.18 Å². The summed E-state index contributed by atoms with van der Waals surface area (Å²) in [4.78, 5) is 8.05. The van der Waals surface area contributed by atoms with Crippen LogP contribution >= 0.6 is 0 Å². The molecule has 0 saturated heterocycles. The highest BCUT2D eigenvalue weighted by Crippen LogP contribution is 2.43. The van der Waals surface area contributed by atoms with Crippen LogP contribution in [0.15, 0.2) is 43.0 Å². The first kappa shape index (κ1) is 14.6. The highest BCUT2D eigenvalue weighted by atomic mass is 19.4. The fourth-order valence-corrected chi connectivity index (χ4v) is 3.02. The van der Waals surface area contributed by atoms with Gasteiger partial charge in [0.15, 0.2) is 0 Å². The molecule has 0 aliphatic heterocycles. The molecule has 0 unspecified atom stereocenters. The number of aryl methyl sites for hydroxylation is 1. The molecular weight excluding hydrogens is 317 g/mol. The van der Waals surface area contributed by atoms with Crippen LogP contribution in [0.5, 0.6) is 0 Å². The highest BCUT2D eigenvalue weighted by molar-refractivity contribution is 5.98. The van der Waals surface area contributed by atoms with Crippen molar-refractivity contribution in [1.82, 2.24) is 20.2 Å². The Bertz CT molecular complexity index is 1070. The van der Waals surface area contributed by atoms with Crippen LogP contribution in [0.2, 0.25) is 0 Å². The molecule has 0 fully saturated rings. The summed E-state index contributed by atoms with van der Waals surface area (Å²) in [5, 5.41) is 7.99. The zero-order valence-electron chi connectivity index (χ0n) is 12.5. The van der Waals surface area contributed by atoms with Crippen LogP contribution in [-0.4, -0.2) is 20.2 Å². The first-order chi connectivity index (χ1) is 11.4. The van der Waals surface area contributed by atoms with E-state index in [2.05, 4.69) is 20.2 Å². The van der Waals surface area contributed by atoms with Gasteiger partial charge in [-0.3, -0.25) is 5.10 Å². The summed E-state index contributed by atoms with van der Waals surface area (Å²) in [5.74, 6) is 0. The van der Waals surface area contributed by atoms with E-state index in [-0.39, 0.29) is 11.1 Å². The quantitative estimate of drug-likeness (QED) is 0.560. The Balaban J connectivity index is 2.11. The minimum Gasteiger partial charge on any atom is -0.277 e. The molecule has 0 aliphatic carbocycles. The molecule has 4 nitrogen and oxygen atoms in total. The second-order valence-electron chi connectivity index (χ2n) is 5.57. The molecule has 1 N–H and O–H groups in total. The van der Waals surface area contributed by atoms with E-state index in [1.54, 1.807) is 24.4 Å². The molecule has 0 bridgehead atoms. The Morgan fingerprint density at radius 1 is 1.04 bits per heavy atom. The molecule has 0 atom stereocenters. The van der Waals surface area contributed by atoms with Gasteiger partial charge in [0.1, 0.15) is 6.33 Å². The standard InChI is InChI=1S/C17H11F3N4/c1-9-4-12-7-23-24-16(12)14(15(9)17(18,19)20)10-2-3-11-6-21-8-22-13(11)5-10/h2-8H,1H3,(H,23,24). The van der Waals surface area contributed by atoms with E-state index in [9.17, 15) is 13.2 Å². The largest absolute Gasteiger partial charge is 0.417 e. The number of nitrogens with one attached hydrogen (secondary N) is 1. The molecule has 2 aromatic heterocycles. The third kappa shape index (κ3) is 2.20. The lowest BCUT2D eigenvalue weighted by Crippen LogP contribution is -2.10. The normalized spacial score (nSPS) is 12.2. The number of rotatable bonds is 1. The number of aromatic nitrogens is 4. The molecule has 0 spiro atoms. The molecule has 0 radical (unpaired) electrons. The minimum atomic E-state index is -4.47. The molecule has 2 aromatic carbocycles. The van der Waals surface area contributed by atoms with E-state index < -0.39 is 11.7 Å². The van der Waals surface area contributed by atoms with Crippen molar-refractivity contribution in [2.45, 2.75) is 13.1 Å². The third-order valence-corrected chi connectivity index (χ3v) is 4.01. The lowest BCUT2D eigenvalue weighted by Gasteiger charge is -2.17. The van der Waals surface area contributed by atoms with Gasteiger partial charge in [-0.15, -0.1) is 0 Å². The zero-order chi connectivity index (χ0) is 16.9. The van der Waals surface area contributed by atoms with E-state index in [1.807, 2.05) is 0 Å². The summed E-state index contributed by atoms with van der Waals surface area (Å²) >= 11 is 0. The maximum atomic E-state index is 13.7. The Morgan fingerprint density at radius 3 is 2.67 bits per heavy atom. The Kier molecular flexibility index (Phi) is 3.06. The van der Waals surface area contributed by atoms with Crippen molar-refractivity contribution in [2.75, 3.05) is 0 Å². The summed E-state index contributed by atoms with van der Waals surface area (Å²) in [7, 11) is 0. The molecule has 4 aromatic rings. The first-order valence-corrected chi connectivity index (χ1v) is 7.19. The average molecular weight is 328 g/mol. The molecule has 120 valence electrons. The topological polar surface area (TPSA) is 54.5 Å². The Labute approximate surface area is 134 Å². The third-order valence-electron chi connectivity index (χ3n) is 4.01. The summed E-state index contributed by atoms with van der Waals surface area (Å²) in [5.41, 5.74) is 0.981. The summed E-state index contributed by atoms with van der Waals surface area (Å²) < 4.78 is 41.0. The van der Waals surface area contributed by atoms with Gasteiger partial charge in [-0.2, -0.15) is 18.3 Å². The van der Waals surface area contributed by atoms with E-state index in [1.165, 1.54) is 25.5 Å². The number of hydrogen-bond acceptors (Lipinski definition) is 3. The van der Waals surface area contributed by atoms with E-state index in [4.69, 9.17) is 0 Å². The van der Waals surface area contributed by atoms with Gasteiger partial charge < -0.3 is 0 Å². The Morgan fingerprint density at radius 2 is 1.88 bits per heavy atom. The summed E-state index contributed by atoms with van der Waals surface area (Å²) in [6, 6.07) is 6.50. The number of hydrogen-bond donors (Lipinski definition) is 1. The van der Waals surface area contributed by atoms with Crippen LogP contribution in [0.1, 0.15) is 11.1 Å². The molecule has 24 heavy (non-hydrogen) atoms. The van der Waals surface area contributed by atoms with Crippen molar-refractivity contribution in [2.24, 2.45) is 0 Å². The molecule has 7 heteroatoms. The zero-order valence-corrected chi connectivity index (χ0v) is 12.5. The van der Waals surface area contributed by atoms with Gasteiger partial charge in [-0.25, -0.2) is 9.97 Å². The monoisotopic (exact) mass is 328 g/mol. The second kappa shape index (κ2) is 5.02. The summed E-state index contributed by atoms with van der Waals surface area (Å²) in [6.45, 7) is 1.46. The molecule has 0 saturated carbocycles. The lowest BCUT2D eigenvalue weighted by molar-refractivity contribution is -0.137. The van der Waals surface area contributed by atoms with Gasteiger partial charge in [0.2, 0.25) is 0 Å². The van der Waals surface area contributed by atoms with Gasteiger partial charge in [0.05, 0.1) is 22.8 Å². The van der Waals surface area contributed by atoms with Crippen molar-refractivity contribution >= 4 is 21.8 Å². The average Bonchev–Trinajstić information content (AvgIpc) is 3.00. The van der Waals surface area contributed by atoms with Gasteiger partial charge in [-0.1, -0.05) is 12.1 Å². The maximum Gasteiger partial charge on any atom is 0.417 e. The van der Waals surface area contributed by atoms with Crippen molar-refractivity contribution in [3.8, 4) is 11.1 Å². The number of benzene rings is 2. The van der Waals surface area contributed by atoms with Gasteiger partial charge in [-0.05, 0) is 30.2 Å².